The lowest BCUT2D eigenvalue weighted by Gasteiger charge is -2.11. The summed E-state index contributed by atoms with van der Waals surface area (Å²) >= 11 is 1.56. The van der Waals surface area contributed by atoms with Gasteiger partial charge in [-0.25, -0.2) is 0 Å². The molecule has 1 aromatic heterocycles. The third kappa shape index (κ3) is 4.15. The van der Waals surface area contributed by atoms with E-state index >= 15 is 0 Å². The molecule has 0 bridgehead atoms. The summed E-state index contributed by atoms with van der Waals surface area (Å²) in [6.45, 7) is 2.06. The molecule has 6 heteroatoms. The van der Waals surface area contributed by atoms with Gasteiger partial charge in [0, 0.05) is 15.8 Å². The molecule has 24 heavy (non-hydrogen) atoms. The summed E-state index contributed by atoms with van der Waals surface area (Å²) in [4.78, 5) is 14.4. The smallest absolute Gasteiger partial charge is 0.266 e. The number of methoxy groups -OCH3 is 2. The average Bonchev–Trinajstić information content (AvgIpc) is 3.07. The van der Waals surface area contributed by atoms with Crippen LogP contribution in [0, 0.1) is 11.3 Å². The van der Waals surface area contributed by atoms with Crippen LogP contribution in [0.5, 0.6) is 11.5 Å². The fourth-order valence-corrected chi connectivity index (χ4v) is 2.94. The predicted octanol–water partition coefficient (Wildman–Crippen LogP) is 3.87. The Balaban J connectivity index is 2.22. The lowest BCUT2D eigenvalue weighted by molar-refractivity contribution is -0.112. The van der Waals surface area contributed by atoms with Crippen LogP contribution in [-0.4, -0.2) is 20.1 Å². The van der Waals surface area contributed by atoms with Gasteiger partial charge in [-0.2, -0.15) is 5.26 Å². The van der Waals surface area contributed by atoms with Crippen molar-refractivity contribution in [1.29, 1.82) is 5.26 Å². The Labute approximate surface area is 145 Å². The first-order valence-electron chi connectivity index (χ1n) is 7.35. The molecule has 0 aliphatic heterocycles. The monoisotopic (exact) mass is 342 g/mol. The molecule has 0 saturated carbocycles. The Morgan fingerprint density at radius 3 is 2.67 bits per heavy atom. The van der Waals surface area contributed by atoms with Crippen molar-refractivity contribution >= 4 is 29.0 Å². The summed E-state index contributed by atoms with van der Waals surface area (Å²) in [5, 5.41) is 12.0. The van der Waals surface area contributed by atoms with E-state index in [0.717, 1.165) is 11.3 Å². The number of nitrogens with zero attached hydrogens (tertiary/aromatic N) is 1. The van der Waals surface area contributed by atoms with Crippen molar-refractivity contribution in [3.8, 4) is 17.6 Å². The van der Waals surface area contributed by atoms with E-state index in [0.29, 0.717) is 17.2 Å². The molecule has 0 unspecified atom stereocenters. The van der Waals surface area contributed by atoms with E-state index in [4.69, 9.17) is 9.47 Å². The van der Waals surface area contributed by atoms with Crippen molar-refractivity contribution < 1.29 is 14.3 Å². The highest BCUT2D eigenvalue weighted by molar-refractivity contribution is 7.12. The zero-order chi connectivity index (χ0) is 17.5. The highest BCUT2D eigenvalue weighted by Gasteiger charge is 2.13. The fourth-order valence-electron chi connectivity index (χ4n) is 2.04. The van der Waals surface area contributed by atoms with E-state index in [2.05, 4.69) is 12.2 Å². The number of benzene rings is 1. The highest BCUT2D eigenvalue weighted by Crippen LogP contribution is 2.29. The number of aryl methyl sites for hydroxylation is 1. The molecule has 5 nitrogen and oxygen atoms in total. The lowest BCUT2D eigenvalue weighted by atomic mass is 10.2. The molecule has 0 atom stereocenters. The Morgan fingerprint density at radius 1 is 1.29 bits per heavy atom. The van der Waals surface area contributed by atoms with Crippen molar-refractivity contribution in [1.82, 2.24) is 0 Å². The van der Waals surface area contributed by atoms with Crippen LogP contribution in [0.2, 0.25) is 0 Å². The van der Waals surface area contributed by atoms with Gasteiger partial charge in [-0.3, -0.25) is 4.79 Å². The van der Waals surface area contributed by atoms with Gasteiger partial charge >= 0.3 is 0 Å². The number of nitriles is 1. The van der Waals surface area contributed by atoms with Crippen LogP contribution < -0.4 is 14.8 Å². The van der Waals surface area contributed by atoms with Crippen molar-refractivity contribution in [2.75, 3.05) is 19.5 Å². The standard InChI is InChI=1S/C18H18N2O3S/c1-4-14-6-7-15(24-14)9-12(11-19)18(21)20-16-8-5-13(22-2)10-17(16)23-3/h5-10H,4H2,1-3H3,(H,20,21)/b12-9+. The Hall–Kier alpha value is -2.78. The number of hydrogen-bond acceptors (Lipinski definition) is 5. The maximum absolute atomic E-state index is 12.4. The number of amides is 1. The molecule has 0 aliphatic rings. The summed E-state index contributed by atoms with van der Waals surface area (Å²) in [7, 11) is 3.05. The first-order chi connectivity index (χ1) is 11.6. The zero-order valence-corrected chi connectivity index (χ0v) is 14.6. The molecule has 124 valence electrons. The number of hydrogen-bond donors (Lipinski definition) is 1. The van der Waals surface area contributed by atoms with E-state index in [1.165, 1.54) is 12.0 Å². The summed E-state index contributed by atoms with van der Waals surface area (Å²) in [6, 6.07) is 10.9. The van der Waals surface area contributed by atoms with Crippen LogP contribution in [-0.2, 0) is 11.2 Å². The van der Waals surface area contributed by atoms with Gasteiger partial charge in [0.05, 0.1) is 19.9 Å². The van der Waals surface area contributed by atoms with Crippen LogP contribution in [0.15, 0.2) is 35.9 Å². The maximum atomic E-state index is 12.4. The molecule has 1 heterocycles. The quantitative estimate of drug-likeness (QED) is 0.639. The van der Waals surface area contributed by atoms with Crippen LogP contribution in [0.25, 0.3) is 6.08 Å². The predicted molar refractivity (Wildman–Crippen MR) is 95.5 cm³/mol. The van der Waals surface area contributed by atoms with Gasteiger partial charge in [0.1, 0.15) is 23.1 Å². The second-order valence-electron chi connectivity index (χ2n) is 4.85. The van der Waals surface area contributed by atoms with E-state index in [-0.39, 0.29) is 5.57 Å². The number of carbonyl (C=O) groups is 1. The Kier molecular flexibility index (Phi) is 5.99. The van der Waals surface area contributed by atoms with E-state index in [1.807, 2.05) is 18.2 Å². The third-order valence-corrected chi connectivity index (χ3v) is 4.52. The summed E-state index contributed by atoms with van der Waals surface area (Å²) in [5.74, 6) is 0.600. The van der Waals surface area contributed by atoms with Gasteiger partial charge in [-0.1, -0.05) is 6.92 Å². The molecule has 2 aromatic rings. The number of anilines is 1. The van der Waals surface area contributed by atoms with E-state index < -0.39 is 5.91 Å². The normalized spacial score (nSPS) is 10.8. The number of nitrogens with one attached hydrogen (secondary N) is 1. The molecular weight excluding hydrogens is 324 g/mol. The minimum atomic E-state index is -0.479. The number of thiophene rings is 1. The number of rotatable bonds is 6. The van der Waals surface area contributed by atoms with Gasteiger partial charge in [0.2, 0.25) is 0 Å². The molecule has 0 fully saturated rings. The third-order valence-electron chi connectivity index (χ3n) is 3.34. The summed E-state index contributed by atoms with van der Waals surface area (Å²) in [6.07, 6.45) is 2.52. The highest BCUT2D eigenvalue weighted by atomic mass is 32.1. The van der Waals surface area contributed by atoms with Crippen LogP contribution in [0.3, 0.4) is 0 Å². The largest absolute Gasteiger partial charge is 0.497 e. The minimum Gasteiger partial charge on any atom is -0.497 e. The molecule has 1 N–H and O–H groups in total. The zero-order valence-electron chi connectivity index (χ0n) is 13.8. The average molecular weight is 342 g/mol. The van der Waals surface area contributed by atoms with Crippen molar-refractivity contribution in [3.05, 3.63) is 45.7 Å². The fraction of sp³-hybridized carbons (Fsp3) is 0.222. The Bertz CT molecular complexity index is 803. The van der Waals surface area contributed by atoms with Gasteiger partial charge in [0.25, 0.3) is 5.91 Å². The van der Waals surface area contributed by atoms with E-state index in [9.17, 15) is 10.1 Å². The molecule has 2 rings (SSSR count). The van der Waals surface area contributed by atoms with Crippen LogP contribution in [0.1, 0.15) is 16.7 Å². The van der Waals surface area contributed by atoms with Gasteiger partial charge in [-0.15, -0.1) is 11.3 Å². The van der Waals surface area contributed by atoms with Crippen molar-refractivity contribution in [2.24, 2.45) is 0 Å². The minimum absolute atomic E-state index is 0.0392. The second kappa shape index (κ2) is 8.18. The van der Waals surface area contributed by atoms with Crippen LogP contribution >= 0.6 is 11.3 Å². The topological polar surface area (TPSA) is 71.4 Å². The van der Waals surface area contributed by atoms with Gasteiger partial charge in [0.15, 0.2) is 0 Å². The van der Waals surface area contributed by atoms with Crippen LogP contribution in [0.4, 0.5) is 5.69 Å². The lowest BCUT2D eigenvalue weighted by Crippen LogP contribution is -2.14. The SMILES string of the molecule is CCc1ccc(/C=C(\C#N)C(=O)Nc2ccc(OC)cc2OC)s1. The number of carbonyl (C=O) groups excluding carboxylic acids is 1. The molecule has 1 aromatic carbocycles. The molecule has 0 spiro atoms. The molecule has 0 saturated heterocycles. The van der Waals surface area contributed by atoms with Crippen molar-refractivity contribution in [3.63, 3.8) is 0 Å². The summed E-state index contributed by atoms with van der Waals surface area (Å²) < 4.78 is 10.4. The molecule has 0 radical (unpaired) electrons. The van der Waals surface area contributed by atoms with Gasteiger partial charge < -0.3 is 14.8 Å². The van der Waals surface area contributed by atoms with E-state index in [1.54, 1.807) is 42.7 Å². The second-order valence-corrected chi connectivity index (χ2v) is 6.05. The molecule has 1 amide bonds. The maximum Gasteiger partial charge on any atom is 0.266 e. The molecular formula is C18H18N2O3S. The first-order valence-corrected chi connectivity index (χ1v) is 8.16. The number of ether oxygens (including phenoxy) is 2. The van der Waals surface area contributed by atoms with Gasteiger partial charge in [-0.05, 0) is 36.8 Å². The molecule has 0 aliphatic carbocycles. The Morgan fingerprint density at radius 2 is 2.08 bits per heavy atom. The first kappa shape index (κ1) is 17.6. The van der Waals surface area contributed by atoms with Crippen molar-refractivity contribution in [2.45, 2.75) is 13.3 Å². The summed E-state index contributed by atoms with van der Waals surface area (Å²) in [5.41, 5.74) is 0.516.